The van der Waals surface area contributed by atoms with Gasteiger partial charge < -0.3 is 24.4 Å². The van der Waals surface area contributed by atoms with Gasteiger partial charge in [-0.2, -0.15) is 0 Å². The third-order valence-electron chi connectivity index (χ3n) is 5.24. The number of anilines is 2. The molecule has 0 aliphatic carbocycles. The van der Waals surface area contributed by atoms with Crippen molar-refractivity contribution >= 4 is 17.3 Å². The van der Waals surface area contributed by atoms with Crippen LogP contribution >= 0.6 is 0 Å². The van der Waals surface area contributed by atoms with Crippen LogP contribution in [-0.4, -0.2) is 56.5 Å². The zero-order valence-electron chi connectivity index (χ0n) is 17.8. The molecule has 30 heavy (non-hydrogen) atoms. The van der Waals surface area contributed by atoms with Crippen LogP contribution in [0.25, 0.3) is 0 Å². The lowest BCUT2D eigenvalue weighted by Crippen LogP contribution is -2.45. The summed E-state index contributed by atoms with van der Waals surface area (Å²) < 4.78 is 16.6. The van der Waals surface area contributed by atoms with E-state index in [1.807, 2.05) is 42.3 Å². The monoisotopic (exact) mass is 411 g/mol. The highest BCUT2D eigenvalue weighted by Gasteiger charge is 2.22. The molecule has 7 nitrogen and oxygen atoms in total. The molecule has 1 N–H and O–H groups in total. The second kappa shape index (κ2) is 8.93. The average molecular weight is 412 g/mol. The number of benzene rings is 2. The van der Waals surface area contributed by atoms with Crippen LogP contribution in [0, 0.1) is 0 Å². The molecule has 2 atom stereocenters. The summed E-state index contributed by atoms with van der Waals surface area (Å²) in [6, 6.07) is 13.9. The molecule has 0 spiro atoms. The summed E-state index contributed by atoms with van der Waals surface area (Å²) in [6.07, 6.45) is 0.432. The van der Waals surface area contributed by atoms with Crippen molar-refractivity contribution < 1.29 is 19.0 Å². The molecule has 0 aromatic heterocycles. The first-order chi connectivity index (χ1) is 14.5. The molecule has 2 aromatic rings. The Bertz CT molecular complexity index is 877. The van der Waals surface area contributed by atoms with Crippen molar-refractivity contribution in [1.29, 1.82) is 0 Å². The highest BCUT2D eigenvalue weighted by molar-refractivity contribution is 5.92. The first kappa shape index (κ1) is 20.5. The highest BCUT2D eigenvalue weighted by atomic mass is 16.7. The van der Waals surface area contributed by atoms with Crippen molar-refractivity contribution in [3.05, 3.63) is 48.0 Å². The minimum absolute atomic E-state index is 0.0420. The lowest BCUT2D eigenvalue weighted by atomic mass is 10.2. The predicted molar refractivity (Wildman–Crippen MR) is 116 cm³/mol. The highest BCUT2D eigenvalue weighted by Crippen LogP contribution is 2.32. The van der Waals surface area contributed by atoms with Gasteiger partial charge in [-0.15, -0.1) is 0 Å². The summed E-state index contributed by atoms with van der Waals surface area (Å²) in [5.74, 6) is 1.48. The first-order valence-electron chi connectivity index (χ1n) is 10.3. The van der Waals surface area contributed by atoms with E-state index in [4.69, 9.17) is 14.2 Å². The number of amides is 1. The lowest BCUT2D eigenvalue weighted by molar-refractivity contribution is -0.117. The van der Waals surface area contributed by atoms with E-state index in [1.165, 1.54) is 0 Å². The van der Waals surface area contributed by atoms with Crippen LogP contribution in [0.2, 0.25) is 0 Å². The van der Waals surface area contributed by atoms with Crippen LogP contribution in [-0.2, 0) is 16.1 Å². The van der Waals surface area contributed by atoms with Crippen LogP contribution in [0.15, 0.2) is 42.5 Å². The molecular formula is C23H29N3O4. The van der Waals surface area contributed by atoms with Crippen LogP contribution < -0.4 is 19.7 Å². The number of hydrogen-bond donors (Lipinski definition) is 1. The van der Waals surface area contributed by atoms with Crippen molar-refractivity contribution in [2.75, 3.05) is 43.7 Å². The summed E-state index contributed by atoms with van der Waals surface area (Å²) in [5.41, 5.74) is 3.03. The standard InChI is InChI=1S/C23H29N3O4/c1-16-11-26(12-17(2)30-16)20-7-5-19(6-8-20)24-23(27)14-25(3)13-18-4-9-21-22(10-18)29-15-28-21/h4-10,16-17H,11-15H2,1-3H3,(H,24,27). The normalized spacial score (nSPS) is 20.5. The van der Waals surface area contributed by atoms with Gasteiger partial charge in [0.25, 0.3) is 0 Å². The zero-order valence-corrected chi connectivity index (χ0v) is 17.8. The van der Waals surface area contributed by atoms with E-state index in [2.05, 4.69) is 36.2 Å². The summed E-state index contributed by atoms with van der Waals surface area (Å²) >= 11 is 0. The van der Waals surface area contributed by atoms with Crippen LogP contribution in [0.5, 0.6) is 11.5 Å². The van der Waals surface area contributed by atoms with Gasteiger partial charge in [-0.05, 0) is 62.9 Å². The lowest BCUT2D eigenvalue weighted by Gasteiger charge is -2.36. The van der Waals surface area contributed by atoms with Crippen molar-refractivity contribution in [2.45, 2.75) is 32.6 Å². The fourth-order valence-corrected chi connectivity index (χ4v) is 4.00. The van der Waals surface area contributed by atoms with Gasteiger partial charge in [0.2, 0.25) is 12.7 Å². The molecule has 1 fully saturated rings. The molecule has 0 radical (unpaired) electrons. The second-order valence-electron chi connectivity index (χ2n) is 8.12. The third-order valence-corrected chi connectivity index (χ3v) is 5.24. The zero-order chi connectivity index (χ0) is 21.1. The average Bonchev–Trinajstić information content (AvgIpc) is 3.15. The summed E-state index contributed by atoms with van der Waals surface area (Å²) in [4.78, 5) is 16.7. The minimum Gasteiger partial charge on any atom is -0.454 e. The van der Waals surface area contributed by atoms with Crippen molar-refractivity contribution in [3.63, 3.8) is 0 Å². The number of carbonyl (C=O) groups is 1. The largest absolute Gasteiger partial charge is 0.454 e. The number of ether oxygens (including phenoxy) is 3. The fraction of sp³-hybridized carbons (Fsp3) is 0.435. The Hall–Kier alpha value is -2.77. The predicted octanol–water partition coefficient (Wildman–Crippen LogP) is 3.10. The quantitative estimate of drug-likeness (QED) is 0.788. The van der Waals surface area contributed by atoms with E-state index in [9.17, 15) is 4.79 Å². The van der Waals surface area contributed by atoms with Crippen molar-refractivity contribution in [2.24, 2.45) is 0 Å². The molecule has 0 bridgehead atoms. The van der Waals surface area contributed by atoms with Gasteiger partial charge in [-0.3, -0.25) is 9.69 Å². The van der Waals surface area contributed by atoms with Gasteiger partial charge in [-0.1, -0.05) is 6.07 Å². The number of nitrogens with zero attached hydrogens (tertiary/aromatic N) is 2. The third kappa shape index (κ3) is 5.04. The summed E-state index contributed by atoms with van der Waals surface area (Å²) in [7, 11) is 1.92. The molecule has 1 amide bonds. The Morgan fingerprint density at radius 3 is 2.50 bits per heavy atom. The van der Waals surface area contributed by atoms with E-state index in [-0.39, 0.29) is 24.9 Å². The molecule has 2 aromatic carbocycles. The van der Waals surface area contributed by atoms with Crippen LogP contribution in [0.3, 0.4) is 0 Å². The molecule has 160 valence electrons. The number of likely N-dealkylation sites (N-methyl/N-ethyl adjacent to an activating group) is 1. The van der Waals surface area contributed by atoms with Gasteiger partial charge >= 0.3 is 0 Å². The Morgan fingerprint density at radius 2 is 1.77 bits per heavy atom. The topological polar surface area (TPSA) is 63.3 Å². The van der Waals surface area contributed by atoms with E-state index in [0.29, 0.717) is 13.1 Å². The molecule has 2 heterocycles. The van der Waals surface area contributed by atoms with Gasteiger partial charge in [0.15, 0.2) is 11.5 Å². The molecule has 2 aliphatic heterocycles. The van der Waals surface area contributed by atoms with Crippen LogP contribution in [0.4, 0.5) is 11.4 Å². The van der Waals surface area contributed by atoms with E-state index < -0.39 is 0 Å². The second-order valence-corrected chi connectivity index (χ2v) is 8.12. The molecule has 7 heteroatoms. The molecule has 4 rings (SSSR count). The van der Waals surface area contributed by atoms with E-state index in [1.54, 1.807) is 0 Å². The maximum absolute atomic E-state index is 12.4. The maximum atomic E-state index is 12.4. The van der Waals surface area contributed by atoms with Gasteiger partial charge in [0.1, 0.15) is 0 Å². The SMILES string of the molecule is CC1CN(c2ccc(NC(=O)CN(C)Cc3ccc4c(c3)OCO4)cc2)CC(C)O1. The van der Waals surface area contributed by atoms with Crippen molar-refractivity contribution in [3.8, 4) is 11.5 Å². The first-order valence-corrected chi connectivity index (χ1v) is 10.3. The number of fused-ring (bicyclic) bond motifs is 1. The summed E-state index contributed by atoms with van der Waals surface area (Å²) in [6.45, 7) is 7.15. The number of hydrogen-bond acceptors (Lipinski definition) is 6. The van der Waals surface area contributed by atoms with Crippen molar-refractivity contribution in [1.82, 2.24) is 4.90 Å². The Labute approximate surface area is 177 Å². The van der Waals surface area contributed by atoms with E-state index >= 15 is 0 Å². The maximum Gasteiger partial charge on any atom is 0.238 e. The molecule has 2 unspecified atom stereocenters. The number of nitrogens with one attached hydrogen (secondary N) is 1. The Morgan fingerprint density at radius 1 is 1.07 bits per heavy atom. The Kier molecular flexibility index (Phi) is 6.11. The summed E-state index contributed by atoms with van der Waals surface area (Å²) in [5, 5.41) is 2.98. The Balaban J connectivity index is 1.28. The molecule has 2 aliphatic rings. The fourth-order valence-electron chi connectivity index (χ4n) is 4.00. The smallest absolute Gasteiger partial charge is 0.238 e. The number of morpholine rings is 1. The van der Waals surface area contributed by atoms with Gasteiger partial charge in [0.05, 0.1) is 18.8 Å². The van der Waals surface area contributed by atoms with Gasteiger partial charge in [0, 0.05) is 31.0 Å². The minimum atomic E-state index is -0.0420. The molecule has 0 saturated carbocycles. The van der Waals surface area contributed by atoms with Crippen LogP contribution in [0.1, 0.15) is 19.4 Å². The molecular weight excluding hydrogens is 382 g/mol. The number of rotatable bonds is 6. The van der Waals surface area contributed by atoms with Gasteiger partial charge in [-0.25, -0.2) is 0 Å². The molecule has 1 saturated heterocycles. The van der Waals surface area contributed by atoms with E-state index in [0.717, 1.165) is 41.5 Å². The number of carbonyl (C=O) groups excluding carboxylic acids is 1.